The lowest BCUT2D eigenvalue weighted by atomic mass is 9.87. The first kappa shape index (κ1) is 21.7. The summed E-state index contributed by atoms with van der Waals surface area (Å²) in [5.41, 5.74) is 5.00. The third-order valence-electron chi connectivity index (χ3n) is 5.57. The van der Waals surface area contributed by atoms with Crippen molar-refractivity contribution in [3.8, 4) is 11.1 Å². The molecule has 2 aromatic heterocycles. The smallest absolute Gasteiger partial charge is 0.163 e. The van der Waals surface area contributed by atoms with Crippen molar-refractivity contribution in [1.82, 2.24) is 4.98 Å². The van der Waals surface area contributed by atoms with E-state index in [1.165, 1.54) is 28.7 Å². The molecule has 4 rings (SSSR count). The fourth-order valence-electron chi connectivity index (χ4n) is 4.35. The number of benzene rings is 1. The Morgan fingerprint density at radius 1 is 1.17 bits per heavy atom. The summed E-state index contributed by atoms with van der Waals surface area (Å²) in [6.45, 7) is 9.62. The highest BCUT2D eigenvalue weighted by Gasteiger charge is 2.32. The number of Topliss-reactive ketones (excluding diaryl/α,β-unsaturated/α-hetero) is 1. The molecule has 30 heavy (non-hydrogen) atoms. The normalized spacial score (nSPS) is 15.3. The molecular weight excluding hydrogens is 458 g/mol. The summed E-state index contributed by atoms with van der Waals surface area (Å²) in [5, 5.41) is 1.22. The zero-order chi connectivity index (χ0) is 21.6. The first-order chi connectivity index (χ1) is 14.2. The number of ether oxygens (including phenoxy) is 1. The number of aryl methyl sites for hydroxylation is 3. The maximum absolute atomic E-state index is 12.8. The van der Waals surface area contributed by atoms with Gasteiger partial charge >= 0.3 is 0 Å². The van der Waals surface area contributed by atoms with Gasteiger partial charge in [0.15, 0.2) is 5.78 Å². The van der Waals surface area contributed by atoms with E-state index in [9.17, 15) is 4.79 Å². The Morgan fingerprint density at radius 2 is 1.83 bits per heavy atom. The van der Waals surface area contributed by atoms with Gasteiger partial charge in [-0.2, -0.15) is 0 Å². The fourth-order valence-corrected chi connectivity index (χ4v) is 5.93. The van der Waals surface area contributed by atoms with Crippen LogP contribution in [0.1, 0.15) is 68.3 Å². The highest BCUT2D eigenvalue weighted by molar-refractivity contribution is 9.10. The highest BCUT2D eigenvalue weighted by Crippen LogP contribution is 2.45. The molecule has 0 fully saturated rings. The average molecular weight is 486 g/mol. The van der Waals surface area contributed by atoms with Gasteiger partial charge in [0.25, 0.3) is 0 Å². The van der Waals surface area contributed by atoms with E-state index < -0.39 is 11.7 Å². The fraction of sp³-hybridized carbons (Fsp3) is 0.440. The van der Waals surface area contributed by atoms with Crippen molar-refractivity contribution in [1.29, 1.82) is 0 Å². The van der Waals surface area contributed by atoms with Crippen molar-refractivity contribution in [3.63, 3.8) is 0 Å². The molecule has 0 aliphatic heterocycles. The van der Waals surface area contributed by atoms with Gasteiger partial charge in [-0.1, -0.05) is 28.1 Å². The van der Waals surface area contributed by atoms with Crippen molar-refractivity contribution < 1.29 is 9.53 Å². The number of nitrogens with zero attached hydrogens (tertiary/aromatic N) is 1. The predicted octanol–water partition coefficient (Wildman–Crippen LogP) is 7.36. The Hall–Kier alpha value is -1.56. The first-order valence-electron chi connectivity index (χ1n) is 10.5. The SMILES string of the molecule is CC(=O)C(OC(C)(C)C)c1c(C)nc2sc3c(c2c1-c1ccc(Br)cc1)CCCC3. The minimum Gasteiger partial charge on any atom is -0.360 e. The lowest BCUT2D eigenvalue weighted by molar-refractivity contribution is -0.138. The third-order valence-corrected chi connectivity index (χ3v) is 7.28. The summed E-state index contributed by atoms with van der Waals surface area (Å²) >= 11 is 5.38. The molecule has 3 nitrogen and oxygen atoms in total. The van der Waals surface area contributed by atoms with Crippen LogP contribution in [0.5, 0.6) is 0 Å². The standard InChI is InChI=1S/C25H28BrNO2S/c1-14-20(23(15(2)28)29-25(3,4)5)21(16-10-12-17(26)13-11-16)22-18-8-6-7-9-19(18)30-24(22)27-14/h10-13,23H,6-9H2,1-5H3. The van der Waals surface area contributed by atoms with Crippen LogP contribution in [0.25, 0.3) is 21.3 Å². The number of rotatable bonds is 4. The van der Waals surface area contributed by atoms with E-state index >= 15 is 0 Å². The molecule has 158 valence electrons. The van der Waals surface area contributed by atoms with Gasteiger partial charge in [-0.25, -0.2) is 4.98 Å². The molecule has 1 aliphatic carbocycles. The van der Waals surface area contributed by atoms with Gasteiger partial charge in [0.1, 0.15) is 10.9 Å². The molecule has 0 saturated heterocycles. The maximum atomic E-state index is 12.8. The Morgan fingerprint density at radius 3 is 2.47 bits per heavy atom. The average Bonchev–Trinajstić information content (AvgIpc) is 3.03. The lowest BCUT2D eigenvalue weighted by Crippen LogP contribution is -2.27. The zero-order valence-electron chi connectivity index (χ0n) is 18.3. The molecule has 0 N–H and O–H groups in total. The summed E-state index contributed by atoms with van der Waals surface area (Å²) in [4.78, 5) is 20.3. The van der Waals surface area contributed by atoms with Gasteiger partial charge < -0.3 is 4.74 Å². The Labute approximate surface area is 191 Å². The summed E-state index contributed by atoms with van der Waals surface area (Å²) in [5.74, 6) is 0.0108. The minimum absolute atomic E-state index is 0.0108. The van der Waals surface area contributed by atoms with E-state index in [0.29, 0.717) is 0 Å². The zero-order valence-corrected chi connectivity index (χ0v) is 20.7. The second-order valence-electron chi connectivity index (χ2n) is 9.10. The Bertz CT molecular complexity index is 1110. The lowest BCUT2D eigenvalue weighted by Gasteiger charge is -2.29. The number of halogens is 1. The van der Waals surface area contributed by atoms with Crippen LogP contribution in [-0.2, 0) is 22.4 Å². The number of pyridine rings is 1. The molecule has 0 radical (unpaired) electrons. The number of hydrogen-bond acceptors (Lipinski definition) is 4. The Balaban J connectivity index is 2.08. The van der Waals surface area contributed by atoms with Crippen LogP contribution in [-0.4, -0.2) is 16.4 Å². The number of thiophene rings is 1. The van der Waals surface area contributed by atoms with Crippen LogP contribution >= 0.6 is 27.3 Å². The summed E-state index contributed by atoms with van der Waals surface area (Å²) < 4.78 is 7.36. The van der Waals surface area contributed by atoms with Crippen LogP contribution in [0, 0.1) is 6.92 Å². The van der Waals surface area contributed by atoms with E-state index in [1.54, 1.807) is 6.92 Å². The van der Waals surface area contributed by atoms with Crippen molar-refractivity contribution in [3.05, 3.63) is 50.4 Å². The van der Waals surface area contributed by atoms with E-state index in [4.69, 9.17) is 9.72 Å². The van der Waals surface area contributed by atoms with Crippen LogP contribution < -0.4 is 0 Å². The van der Waals surface area contributed by atoms with Crippen LogP contribution in [0.2, 0.25) is 0 Å². The van der Waals surface area contributed by atoms with E-state index in [1.807, 2.05) is 39.0 Å². The Kier molecular flexibility index (Phi) is 5.90. The number of hydrogen-bond donors (Lipinski definition) is 0. The van der Waals surface area contributed by atoms with E-state index in [0.717, 1.165) is 44.5 Å². The molecular formula is C25H28BrNO2S. The molecule has 3 aromatic rings. The van der Waals surface area contributed by atoms with Crippen molar-refractivity contribution in [2.75, 3.05) is 0 Å². The van der Waals surface area contributed by atoms with Gasteiger partial charge in [-0.05, 0) is 83.6 Å². The van der Waals surface area contributed by atoms with Crippen LogP contribution in [0.3, 0.4) is 0 Å². The molecule has 0 amide bonds. The monoisotopic (exact) mass is 485 g/mol. The molecule has 2 heterocycles. The molecule has 1 atom stereocenters. The van der Waals surface area contributed by atoms with Crippen molar-refractivity contribution in [2.24, 2.45) is 0 Å². The number of aromatic nitrogens is 1. The molecule has 1 aliphatic rings. The second kappa shape index (κ2) is 8.18. The molecule has 0 spiro atoms. The summed E-state index contributed by atoms with van der Waals surface area (Å²) in [6.07, 6.45) is 4.01. The molecule has 5 heteroatoms. The van der Waals surface area contributed by atoms with Crippen molar-refractivity contribution in [2.45, 2.75) is 72.0 Å². The van der Waals surface area contributed by atoms with Gasteiger partial charge in [0.05, 0.1) is 5.60 Å². The van der Waals surface area contributed by atoms with Crippen molar-refractivity contribution >= 4 is 43.3 Å². The maximum Gasteiger partial charge on any atom is 0.163 e. The largest absolute Gasteiger partial charge is 0.360 e. The van der Waals surface area contributed by atoms with E-state index in [-0.39, 0.29) is 5.78 Å². The third kappa shape index (κ3) is 4.12. The number of fused-ring (bicyclic) bond motifs is 3. The van der Waals surface area contributed by atoms with Gasteiger partial charge in [0.2, 0.25) is 0 Å². The first-order valence-corrected chi connectivity index (χ1v) is 12.2. The number of carbonyl (C=O) groups is 1. The number of ketones is 1. The predicted molar refractivity (Wildman–Crippen MR) is 128 cm³/mol. The molecule has 1 aromatic carbocycles. The number of carbonyl (C=O) groups excluding carboxylic acids is 1. The second-order valence-corrected chi connectivity index (χ2v) is 11.1. The molecule has 0 saturated carbocycles. The summed E-state index contributed by atoms with van der Waals surface area (Å²) in [7, 11) is 0. The molecule has 0 bridgehead atoms. The van der Waals surface area contributed by atoms with Crippen LogP contribution in [0.4, 0.5) is 0 Å². The van der Waals surface area contributed by atoms with Gasteiger partial charge in [-0.15, -0.1) is 11.3 Å². The van der Waals surface area contributed by atoms with Crippen LogP contribution in [0.15, 0.2) is 28.7 Å². The molecule has 1 unspecified atom stereocenters. The van der Waals surface area contributed by atoms with E-state index in [2.05, 4.69) is 40.2 Å². The van der Waals surface area contributed by atoms with Gasteiger partial charge in [-0.3, -0.25) is 4.79 Å². The summed E-state index contributed by atoms with van der Waals surface area (Å²) in [6, 6.07) is 8.38. The topological polar surface area (TPSA) is 39.2 Å². The minimum atomic E-state index is -0.639. The quantitative estimate of drug-likeness (QED) is 0.387. The van der Waals surface area contributed by atoms with Gasteiger partial charge in [0, 0.05) is 31.6 Å². The highest BCUT2D eigenvalue weighted by atomic mass is 79.9.